The summed E-state index contributed by atoms with van der Waals surface area (Å²) in [5.74, 6) is 0.922. The minimum atomic E-state index is 0.355. The first-order valence-corrected chi connectivity index (χ1v) is 9.47. The Balaban J connectivity index is 1.80. The number of nitrogens with zero attached hydrogens (tertiary/aromatic N) is 5. The van der Waals surface area contributed by atoms with Gasteiger partial charge in [-0.1, -0.05) is 6.07 Å². The number of aromatic nitrogens is 3. The van der Waals surface area contributed by atoms with Crippen LogP contribution in [0.2, 0.25) is 0 Å². The van der Waals surface area contributed by atoms with E-state index in [1.165, 1.54) is 30.6 Å². The van der Waals surface area contributed by atoms with Gasteiger partial charge in [-0.05, 0) is 37.5 Å². The summed E-state index contributed by atoms with van der Waals surface area (Å²) in [4.78, 5) is 16.0. The first-order valence-electron chi connectivity index (χ1n) is 8.59. The molecular weight excluding hydrogens is 344 g/mol. The Morgan fingerprint density at radius 2 is 1.96 bits per heavy atom. The van der Waals surface area contributed by atoms with Crippen molar-refractivity contribution >= 4 is 22.8 Å². The zero-order valence-corrected chi connectivity index (χ0v) is 15.0. The summed E-state index contributed by atoms with van der Waals surface area (Å²) in [6, 6.07) is 9.72. The van der Waals surface area contributed by atoms with E-state index in [1.807, 2.05) is 23.6 Å². The molecule has 6 nitrogen and oxygen atoms in total. The first-order chi connectivity index (χ1) is 12.8. The van der Waals surface area contributed by atoms with Crippen LogP contribution in [0.15, 0.2) is 35.8 Å². The molecule has 26 heavy (non-hydrogen) atoms. The largest absolute Gasteiger partial charge is 0.398 e. The van der Waals surface area contributed by atoms with E-state index in [0.717, 1.165) is 23.9 Å². The van der Waals surface area contributed by atoms with E-state index in [0.29, 0.717) is 28.3 Å². The quantitative estimate of drug-likeness (QED) is 0.763. The Bertz CT molecular complexity index is 955. The topological polar surface area (TPSA) is 91.7 Å². The average Bonchev–Trinajstić information content (AvgIpc) is 3.23. The number of nitrogens with two attached hydrogens (primary N) is 1. The maximum absolute atomic E-state index is 9.58. The van der Waals surface area contributed by atoms with Crippen LogP contribution in [0.5, 0.6) is 0 Å². The zero-order chi connectivity index (χ0) is 17.9. The molecule has 0 bridgehead atoms. The highest BCUT2D eigenvalue weighted by atomic mass is 32.1. The number of thiazole rings is 1. The van der Waals surface area contributed by atoms with Gasteiger partial charge in [0.25, 0.3) is 0 Å². The summed E-state index contributed by atoms with van der Waals surface area (Å²) in [5, 5.41) is 12.2. The number of nitrogen functional groups attached to an aromatic ring is 1. The molecule has 1 aliphatic heterocycles. The van der Waals surface area contributed by atoms with Crippen molar-refractivity contribution in [3.05, 3.63) is 41.4 Å². The SMILES string of the molecule is N#Cc1c(N)cc(-c2nccs2)nc1-c1cccc(N2CCCCC2)n1. The minimum Gasteiger partial charge on any atom is -0.398 e. The number of hydrogen-bond donors (Lipinski definition) is 1. The van der Waals surface area contributed by atoms with E-state index in [4.69, 9.17) is 10.7 Å². The summed E-state index contributed by atoms with van der Waals surface area (Å²) in [7, 11) is 0. The molecule has 2 N–H and O–H groups in total. The van der Waals surface area contributed by atoms with Gasteiger partial charge in [0.1, 0.15) is 33.8 Å². The molecule has 0 spiro atoms. The molecule has 4 rings (SSSR count). The lowest BCUT2D eigenvalue weighted by Gasteiger charge is -2.28. The monoisotopic (exact) mass is 362 g/mol. The van der Waals surface area contributed by atoms with Crippen LogP contribution in [-0.2, 0) is 0 Å². The van der Waals surface area contributed by atoms with E-state index < -0.39 is 0 Å². The van der Waals surface area contributed by atoms with Gasteiger partial charge in [0.2, 0.25) is 0 Å². The fourth-order valence-electron chi connectivity index (χ4n) is 3.18. The Morgan fingerprint density at radius 1 is 1.12 bits per heavy atom. The van der Waals surface area contributed by atoms with Gasteiger partial charge in [-0.25, -0.2) is 15.0 Å². The maximum Gasteiger partial charge on any atom is 0.141 e. The van der Waals surface area contributed by atoms with Crippen LogP contribution in [0.4, 0.5) is 11.5 Å². The van der Waals surface area contributed by atoms with Gasteiger partial charge in [-0.3, -0.25) is 0 Å². The van der Waals surface area contributed by atoms with Crippen LogP contribution in [0, 0.1) is 11.3 Å². The average molecular weight is 362 g/mol. The fraction of sp³-hybridized carbons (Fsp3) is 0.263. The number of piperidine rings is 1. The molecule has 4 heterocycles. The Hall–Kier alpha value is -2.98. The Kier molecular flexibility index (Phi) is 4.50. The third-order valence-corrected chi connectivity index (χ3v) is 5.27. The first kappa shape index (κ1) is 16.5. The number of pyridine rings is 2. The number of rotatable bonds is 3. The third kappa shape index (κ3) is 3.11. The molecule has 7 heteroatoms. The van der Waals surface area contributed by atoms with Gasteiger partial charge in [0, 0.05) is 24.7 Å². The van der Waals surface area contributed by atoms with Crippen molar-refractivity contribution in [3.63, 3.8) is 0 Å². The van der Waals surface area contributed by atoms with Crippen molar-refractivity contribution < 1.29 is 0 Å². The number of nitriles is 1. The van der Waals surface area contributed by atoms with Gasteiger partial charge in [-0.2, -0.15) is 5.26 Å². The van der Waals surface area contributed by atoms with Crippen LogP contribution in [0.1, 0.15) is 24.8 Å². The zero-order valence-electron chi connectivity index (χ0n) is 14.2. The van der Waals surface area contributed by atoms with Crippen molar-refractivity contribution in [2.24, 2.45) is 0 Å². The smallest absolute Gasteiger partial charge is 0.141 e. The van der Waals surface area contributed by atoms with Crippen molar-refractivity contribution in [1.29, 1.82) is 5.26 Å². The molecule has 130 valence electrons. The summed E-state index contributed by atoms with van der Waals surface area (Å²) >= 11 is 1.49. The van der Waals surface area contributed by atoms with Gasteiger partial charge in [0.05, 0.1) is 11.4 Å². The maximum atomic E-state index is 9.58. The predicted molar refractivity (Wildman–Crippen MR) is 104 cm³/mol. The molecule has 3 aromatic rings. The van der Waals surface area contributed by atoms with Crippen molar-refractivity contribution in [3.8, 4) is 28.2 Å². The van der Waals surface area contributed by atoms with Crippen LogP contribution >= 0.6 is 11.3 Å². The third-order valence-electron chi connectivity index (χ3n) is 4.47. The number of hydrogen-bond acceptors (Lipinski definition) is 7. The van der Waals surface area contributed by atoms with Gasteiger partial charge in [0.15, 0.2) is 0 Å². The lowest BCUT2D eigenvalue weighted by molar-refractivity contribution is 0.573. The predicted octanol–water partition coefficient (Wildman–Crippen LogP) is 3.71. The molecule has 0 saturated carbocycles. The Labute approximate surface area is 156 Å². The highest BCUT2D eigenvalue weighted by molar-refractivity contribution is 7.13. The molecule has 3 aromatic heterocycles. The van der Waals surface area contributed by atoms with Crippen LogP contribution in [0.25, 0.3) is 22.1 Å². The molecule has 0 unspecified atom stereocenters. The lowest BCUT2D eigenvalue weighted by Crippen LogP contribution is -2.30. The number of anilines is 2. The molecule has 1 fully saturated rings. The molecule has 0 amide bonds. The highest BCUT2D eigenvalue weighted by Gasteiger charge is 2.18. The second-order valence-electron chi connectivity index (χ2n) is 6.20. The van der Waals surface area contributed by atoms with Crippen LogP contribution in [-0.4, -0.2) is 28.0 Å². The molecule has 0 aromatic carbocycles. The molecule has 0 radical (unpaired) electrons. The van der Waals surface area contributed by atoms with Crippen molar-refractivity contribution in [2.45, 2.75) is 19.3 Å². The summed E-state index contributed by atoms with van der Waals surface area (Å²) in [6.07, 6.45) is 5.36. The molecule has 1 saturated heterocycles. The van der Waals surface area contributed by atoms with Crippen molar-refractivity contribution in [2.75, 3.05) is 23.7 Å². The van der Waals surface area contributed by atoms with E-state index in [2.05, 4.69) is 20.9 Å². The molecule has 1 aliphatic rings. The van der Waals surface area contributed by atoms with Gasteiger partial charge < -0.3 is 10.6 Å². The molecule has 0 atom stereocenters. The van der Waals surface area contributed by atoms with Crippen LogP contribution < -0.4 is 10.6 Å². The van der Waals surface area contributed by atoms with Gasteiger partial charge in [-0.15, -0.1) is 11.3 Å². The normalized spacial score (nSPS) is 14.2. The van der Waals surface area contributed by atoms with Crippen LogP contribution in [0.3, 0.4) is 0 Å². The van der Waals surface area contributed by atoms with Crippen molar-refractivity contribution in [1.82, 2.24) is 15.0 Å². The van der Waals surface area contributed by atoms with E-state index in [9.17, 15) is 5.26 Å². The summed E-state index contributed by atoms with van der Waals surface area (Å²) < 4.78 is 0. The van der Waals surface area contributed by atoms with E-state index in [1.54, 1.807) is 12.3 Å². The van der Waals surface area contributed by atoms with E-state index >= 15 is 0 Å². The molecular formula is C19H18N6S. The highest BCUT2D eigenvalue weighted by Crippen LogP contribution is 2.31. The summed E-state index contributed by atoms with van der Waals surface area (Å²) in [5.41, 5.74) is 8.72. The standard InChI is InChI=1S/C19H18N6S/c20-12-13-14(21)11-16(19-22-7-10-26-19)24-18(13)15-5-4-6-17(23-15)25-8-2-1-3-9-25/h4-7,10-11H,1-3,8-9H2,(H2,21,24). The molecule has 0 aliphatic carbocycles. The second-order valence-corrected chi connectivity index (χ2v) is 7.09. The minimum absolute atomic E-state index is 0.355. The lowest BCUT2D eigenvalue weighted by atomic mass is 10.1. The summed E-state index contributed by atoms with van der Waals surface area (Å²) in [6.45, 7) is 2.02. The Morgan fingerprint density at radius 3 is 2.69 bits per heavy atom. The second kappa shape index (κ2) is 7.10. The van der Waals surface area contributed by atoms with E-state index in [-0.39, 0.29) is 0 Å². The fourth-order valence-corrected chi connectivity index (χ4v) is 3.78. The van der Waals surface area contributed by atoms with Gasteiger partial charge >= 0.3 is 0 Å².